The quantitative estimate of drug-likeness (QED) is 0.362. The molecular formula is C28H38I2O10. The molecule has 10 nitrogen and oxygen atoms in total. The predicted molar refractivity (Wildman–Crippen MR) is 165 cm³/mol. The average Bonchev–Trinajstić information content (AvgIpc) is 2.96. The van der Waals surface area contributed by atoms with Crippen LogP contribution < -0.4 is 18.9 Å². The van der Waals surface area contributed by atoms with Crippen LogP contribution in [0, 0.1) is 7.14 Å². The van der Waals surface area contributed by atoms with Crippen molar-refractivity contribution in [3.63, 3.8) is 0 Å². The molecule has 4 heterocycles. The lowest BCUT2D eigenvalue weighted by molar-refractivity contribution is 0.00462. The van der Waals surface area contributed by atoms with Crippen molar-refractivity contribution in [3.8, 4) is 23.0 Å². The minimum Gasteiger partial charge on any atom is -0.491 e. The SMILES string of the molecule is Ic1cc2c(I)cc1OCCOCCOCCOCCOc1ccc(cc1)OCCOCCOCCOCCO2. The van der Waals surface area contributed by atoms with Crippen LogP contribution in [0.5, 0.6) is 23.0 Å². The molecule has 0 spiro atoms. The van der Waals surface area contributed by atoms with Gasteiger partial charge in [-0.05, 0) is 81.6 Å². The third-order valence-corrected chi connectivity index (χ3v) is 6.95. The highest BCUT2D eigenvalue weighted by molar-refractivity contribution is 14.1. The molecule has 0 saturated carbocycles. The predicted octanol–water partition coefficient (Wildman–Crippen LogP) is 4.22. The molecule has 0 unspecified atom stereocenters. The first-order chi connectivity index (χ1) is 19.7. The Kier molecular flexibility index (Phi) is 18.0. The average molecular weight is 788 g/mol. The summed E-state index contributed by atoms with van der Waals surface area (Å²) in [6.07, 6.45) is 0. The number of hydrogen-bond acceptors (Lipinski definition) is 10. The van der Waals surface area contributed by atoms with Gasteiger partial charge in [0.15, 0.2) is 0 Å². The largest absolute Gasteiger partial charge is 0.491 e. The van der Waals surface area contributed by atoms with Crippen LogP contribution in [-0.4, -0.2) is 106 Å². The Labute approximate surface area is 263 Å². The minimum absolute atomic E-state index is 0.452. The van der Waals surface area contributed by atoms with E-state index in [1.54, 1.807) is 0 Å². The van der Waals surface area contributed by atoms with Gasteiger partial charge in [-0.2, -0.15) is 0 Å². The number of benzene rings is 2. The summed E-state index contributed by atoms with van der Waals surface area (Å²) in [5.74, 6) is 3.13. The lowest BCUT2D eigenvalue weighted by Crippen LogP contribution is -2.15. The minimum atomic E-state index is 0.452. The van der Waals surface area contributed by atoms with Gasteiger partial charge in [-0.25, -0.2) is 0 Å². The van der Waals surface area contributed by atoms with Crippen molar-refractivity contribution in [1.29, 1.82) is 0 Å². The summed E-state index contributed by atoms with van der Waals surface area (Å²) in [6.45, 7) is 7.71. The topological polar surface area (TPSA) is 92.3 Å². The second-order valence-electron chi connectivity index (χ2n) is 8.25. The summed E-state index contributed by atoms with van der Waals surface area (Å²) in [5.41, 5.74) is 0. The molecule has 224 valence electrons. The fourth-order valence-electron chi connectivity index (χ4n) is 3.31. The zero-order chi connectivity index (χ0) is 28.1. The molecule has 12 heteroatoms. The first-order valence-electron chi connectivity index (χ1n) is 13.3. The van der Waals surface area contributed by atoms with E-state index >= 15 is 0 Å². The number of halogens is 2. The van der Waals surface area contributed by atoms with Gasteiger partial charge >= 0.3 is 0 Å². The van der Waals surface area contributed by atoms with Gasteiger partial charge in [0.2, 0.25) is 0 Å². The zero-order valence-corrected chi connectivity index (χ0v) is 26.9. The summed E-state index contributed by atoms with van der Waals surface area (Å²) in [4.78, 5) is 0. The smallest absolute Gasteiger partial charge is 0.134 e. The van der Waals surface area contributed by atoms with Crippen molar-refractivity contribution in [1.82, 2.24) is 0 Å². The zero-order valence-electron chi connectivity index (χ0n) is 22.6. The van der Waals surface area contributed by atoms with Crippen LogP contribution in [0.2, 0.25) is 0 Å². The van der Waals surface area contributed by atoms with E-state index in [1.165, 1.54) is 0 Å². The first-order valence-corrected chi connectivity index (χ1v) is 15.4. The third kappa shape index (κ3) is 14.7. The Morgan fingerprint density at radius 3 is 0.900 bits per heavy atom. The van der Waals surface area contributed by atoms with Crippen molar-refractivity contribution in [2.45, 2.75) is 0 Å². The molecule has 0 aromatic heterocycles. The van der Waals surface area contributed by atoms with E-state index in [9.17, 15) is 0 Å². The summed E-state index contributed by atoms with van der Waals surface area (Å²) >= 11 is 4.49. The molecule has 0 N–H and O–H groups in total. The number of hydrogen-bond donors (Lipinski definition) is 0. The molecule has 40 heavy (non-hydrogen) atoms. The van der Waals surface area contributed by atoms with E-state index < -0.39 is 0 Å². The molecule has 0 atom stereocenters. The third-order valence-electron chi connectivity index (χ3n) is 5.26. The molecule has 2 aromatic carbocycles. The van der Waals surface area contributed by atoms with E-state index in [1.807, 2.05) is 36.4 Å². The molecule has 0 fully saturated rings. The second-order valence-corrected chi connectivity index (χ2v) is 10.6. The highest BCUT2D eigenvalue weighted by Crippen LogP contribution is 2.31. The second kappa shape index (κ2) is 21.5. The molecule has 0 saturated heterocycles. The maximum atomic E-state index is 5.88. The van der Waals surface area contributed by atoms with E-state index in [4.69, 9.17) is 47.4 Å². The van der Waals surface area contributed by atoms with Crippen LogP contribution in [-0.2, 0) is 28.4 Å². The number of ether oxygens (including phenoxy) is 10. The van der Waals surface area contributed by atoms with Gasteiger partial charge in [-0.15, -0.1) is 0 Å². The standard InChI is InChI=1S/C28H38I2O10/c29-25-22-28-26(30)21-27(25)39-19-15-35-11-7-31-5-9-33-13-17-37-23-1-2-24(4-3-23)38-18-14-34-10-6-32-8-12-36-16-20-40-28/h1-4,21-22H,5-20H2. The van der Waals surface area contributed by atoms with E-state index in [0.717, 1.165) is 30.1 Å². The maximum absolute atomic E-state index is 5.88. The summed E-state index contributed by atoms with van der Waals surface area (Å²) in [7, 11) is 0. The maximum Gasteiger partial charge on any atom is 0.134 e. The lowest BCUT2D eigenvalue weighted by atomic mass is 10.3. The van der Waals surface area contributed by atoms with Crippen molar-refractivity contribution in [2.75, 3.05) is 106 Å². The summed E-state index contributed by atoms with van der Waals surface area (Å²) in [6, 6.07) is 11.4. The molecule has 6 rings (SSSR count). The molecule has 2 aromatic rings. The normalized spacial score (nSPS) is 18.9. The highest BCUT2D eigenvalue weighted by atomic mass is 127. The van der Waals surface area contributed by atoms with E-state index in [0.29, 0.717) is 106 Å². The Morgan fingerprint density at radius 1 is 0.350 bits per heavy atom. The van der Waals surface area contributed by atoms with E-state index in [-0.39, 0.29) is 0 Å². The van der Waals surface area contributed by atoms with Gasteiger partial charge in [0.1, 0.15) is 49.4 Å². The van der Waals surface area contributed by atoms with Crippen LogP contribution in [0.25, 0.3) is 0 Å². The molecule has 0 aliphatic carbocycles. The van der Waals surface area contributed by atoms with Gasteiger partial charge in [0, 0.05) is 0 Å². The van der Waals surface area contributed by atoms with Crippen molar-refractivity contribution >= 4 is 45.2 Å². The van der Waals surface area contributed by atoms with Gasteiger partial charge in [0.25, 0.3) is 0 Å². The van der Waals surface area contributed by atoms with Crippen LogP contribution in [0.15, 0.2) is 36.4 Å². The monoisotopic (exact) mass is 788 g/mol. The number of rotatable bonds is 0. The molecule has 4 aliphatic heterocycles. The van der Waals surface area contributed by atoms with Gasteiger partial charge in [-0.1, -0.05) is 0 Å². The fraction of sp³-hybridized carbons (Fsp3) is 0.571. The van der Waals surface area contributed by atoms with Gasteiger partial charge in [-0.3, -0.25) is 0 Å². The molecule has 4 aliphatic rings. The van der Waals surface area contributed by atoms with Gasteiger partial charge < -0.3 is 47.4 Å². The van der Waals surface area contributed by atoms with Crippen LogP contribution >= 0.6 is 45.2 Å². The van der Waals surface area contributed by atoms with Crippen LogP contribution in [0.4, 0.5) is 0 Å². The molecule has 0 amide bonds. The molecule has 0 radical (unpaired) electrons. The van der Waals surface area contributed by atoms with Gasteiger partial charge in [0.05, 0.1) is 86.4 Å². The fourth-order valence-corrected chi connectivity index (χ4v) is 4.49. The Balaban J connectivity index is 1.37. The van der Waals surface area contributed by atoms with Crippen LogP contribution in [0.3, 0.4) is 0 Å². The summed E-state index contributed by atoms with van der Waals surface area (Å²) in [5, 5.41) is 0. The highest BCUT2D eigenvalue weighted by Gasteiger charge is 2.09. The molecular weight excluding hydrogens is 750 g/mol. The first kappa shape index (κ1) is 33.4. The molecule has 4 bridgehead atoms. The Morgan fingerprint density at radius 2 is 0.600 bits per heavy atom. The van der Waals surface area contributed by atoms with Crippen LogP contribution in [0.1, 0.15) is 0 Å². The Hall–Kier alpha value is -1.14. The van der Waals surface area contributed by atoms with Crippen molar-refractivity contribution < 1.29 is 47.4 Å². The lowest BCUT2D eigenvalue weighted by Gasteiger charge is -2.13. The van der Waals surface area contributed by atoms with Crippen molar-refractivity contribution in [2.24, 2.45) is 0 Å². The Bertz CT molecular complexity index is 857. The van der Waals surface area contributed by atoms with E-state index in [2.05, 4.69) is 45.2 Å². The summed E-state index contributed by atoms with van der Waals surface area (Å²) < 4.78 is 58.5. The van der Waals surface area contributed by atoms with Crippen molar-refractivity contribution in [3.05, 3.63) is 43.5 Å².